The van der Waals surface area contributed by atoms with E-state index in [9.17, 15) is 8.42 Å². The van der Waals surface area contributed by atoms with E-state index in [0.29, 0.717) is 12.4 Å². The smallest absolute Gasteiger partial charge is 0.243 e. The lowest BCUT2D eigenvalue weighted by Crippen LogP contribution is -1.99. The van der Waals surface area contributed by atoms with Crippen LogP contribution in [0.5, 0.6) is 0 Å². The Hall–Kier alpha value is -3.00. The summed E-state index contributed by atoms with van der Waals surface area (Å²) in [4.78, 5) is 8.42. The fourth-order valence-corrected chi connectivity index (χ4v) is 3.10. The number of benzene rings is 2. The Morgan fingerprint density at radius 3 is 2.56 bits per heavy atom. The maximum absolute atomic E-state index is 11.5. The summed E-state index contributed by atoms with van der Waals surface area (Å²) < 4.78 is 25.0. The van der Waals surface area contributed by atoms with Crippen LogP contribution in [0.4, 0.5) is 0 Å². The van der Waals surface area contributed by atoms with E-state index in [1.54, 1.807) is 0 Å². The van der Waals surface area contributed by atoms with Gasteiger partial charge in [0, 0.05) is 18.4 Å². The van der Waals surface area contributed by atoms with Gasteiger partial charge in [-0.1, -0.05) is 36.4 Å². The van der Waals surface area contributed by atoms with Gasteiger partial charge >= 0.3 is 0 Å². The lowest BCUT2D eigenvalue weighted by molar-refractivity contribution is 0.594. The first-order chi connectivity index (χ1) is 12.0. The van der Waals surface area contributed by atoms with Crippen molar-refractivity contribution in [3.05, 3.63) is 60.4 Å². The molecule has 0 spiro atoms. The Morgan fingerprint density at radius 2 is 1.84 bits per heavy atom. The van der Waals surface area contributed by atoms with Crippen LogP contribution in [-0.2, 0) is 16.4 Å². The third-order valence-corrected chi connectivity index (χ3v) is 4.79. The standard InChI is InChI=1S/C17H15N5O2S/c1-25(23,24)17-19-16(20-21-17)13-8-6-12(7-9-13)10-22-11-18-14-4-2-3-5-15(14)22/h2-9,11H,10H2,1H3,(H,19,20,21). The zero-order valence-corrected chi connectivity index (χ0v) is 14.2. The Kier molecular flexibility index (Phi) is 3.61. The van der Waals surface area contributed by atoms with Gasteiger partial charge in [-0.2, -0.15) is 10.1 Å². The quantitative estimate of drug-likeness (QED) is 0.607. The molecule has 0 saturated heterocycles. The highest BCUT2D eigenvalue weighted by Crippen LogP contribution is 2.19. The van der Waals surface area contributed by atoms with E-state index < -0.39 is 9.84 Å². The lowest BCUT2D eigenvalue weighted by Gasteiger charge is -2.05. The SMILES string of the molecule is CS(=O)(=O)c1nc(-c2ccc(Cn3cnc4ccccc43)cc2)n[nH]1. The van der Waals surface area contributed by atoms with Crippen molar-refractivity contribution in [2.24, 2.45) is 0 Å². The number of fused-ring (bicyclic) bond motifs is 1. The number of H-pyrrole nitrogens is 1. The van der Waals surface area contributed by atoms with Crippen molar-refractivity contribution in [3.63, 3.8) is 0 Å². The number of rotatable bonds is 4. The van der Waals surface area contributed by atoms with Crippen molar-refractivity contribution in [2.75, 3.05) is 6.26 Å². The average molecular weight is 353 g/mol. The molecule has 0 fully saturated rings. The predicted octanol–water partition coefficient (Wildman–Crippen LogP) is 2.27. The zero-order chi connectivity index (χ0) is 17.4. The minimum atomic E-state index is -3.39. The van der Waals surface area contributed by atoms with E-state index in [-0.39, 0.29) is 5.16 Å². The number of imidazole rings is 1. The summed E-state index contributed by atoms with van der Waals surface area (Å²) in [5.41, 5.74) is 3.91. The Bertz CT molecular complexity index is 1140. The van der Waals surface area contributed by atoms with Gasteiger partial charge in [0.05, 0.1) is 17.4 Å². The molecule has 1 N–H and O–H groups in total. The van der Waals surface area contributed by atoms with Crippen LogP contribution in [0.15, 0.2) is 60.0 Å². The van der Waals surface area contributed by atoms with Crippen LogP contribution in [0.3, 0.4) is 0 Å². The first-order valence-electron chi connectivity index (χ1n) is 7.62. The highest BCUT2D eigenvalue weighted by atomic mass is 32.2. The maximum Gasteiger partial charge on any atom is 0.243 e. The van der Waals surface area contributed by atoms with Gasteiger partial charge in [0.2, 0.25) is 15.0 Å². The van der Waals surface area contributed by atoms with Gasteiger partial charge in [-0.15, -0.1) is 0 Å². The molecule has 0 aliphatic heterocycles. The number of para-hydroxylation sites is 2. The van der Waals surface area contributed by atoms with Crippen LogP contribution in [0.25, 0.3) is 22.4 Å². The molecule has 2 heterocycles. The molecule has 4 aromatic rings. The summed E-state index contributed by atoms with van der Waals surface area (Å²) in [7, 11) is -3.39. The third-order valence-electron chi connectivity index (χ3n) is 3.91. The van der Waals surface area contributed by atoms with E-state index in [0.717, 1.165) is 28.4 Å². The molecule has 8 heteroatoms. The van der Waals surface area contributed by atoms with Crippen LogP contribution in [0.2, 0.25) is 0 Å². The number of hydrogen-bond acceptors (Lipinski definition) is 5. The molecule has 0 atom stereocenters. The van der Waals surface area contributed by atoms with Crippen molar-refractivity contribution in [3.8, 4) is 11.4 Å². The summed E-state index contributed by atoms with van der Waals surface area (Å²) in [6, 6.07) is 15.7. The average Bonchev–Trinajstić information content (AvgIpc) is 3.23. The van der Waals surface area contributed by atoms with E-state index >= 15 is 0 Å². The normalized spacial score (nSPS) is 11.9. The van der Waals surface area contributed by atoms with Gasteiger partial charge < -0.3 is 4.57 Å². The molecule has 0 aliphatic rings. The summed E-state index contributed by atoms with van der Waals surface area (Å²) in [5, 5.41) is 6.29. The van der Waals surface area contributed by atoms with Crippen LogP contribution >= 0.6 is 0 Å². The molecule has 0 saturated carbocycles. The highest BCUT2D eigenvalue weighted by molar-refractivity contribution is 7.90. The summed E-state index contributed by atoms with van der Waals surface area (Å²) in [5.74, 6) is 0.361. The largest absolute Gasteiger partial charge is 0.326 e. The monoisotopic (exact) mass is 353 g/mol. The minimum Gasteiger partial charge on any atom is -0.326 e. The second-order valence-electron chi connectivity index (χ2n) is 5.79. The van der Waals surface area contributed by atoms with Gasteiger partial charge in [-0.05, 0) is 17.7 Å². The first kappa shape index (κ1) is 15.5. The molecule has 25 heavy (non-hydrogen) atoms. The summed E-state index contributed by atoms with van der Waals surface area (Å²) in [6.07, 6.45) is 2.92. The van der Waals surface area contributed by atoms with E-state index in [1.165, 1.54) is 0 Å². The second-order valence-corrected chi connectivity index (χ2v) is 7.73. The number of aromatic nitrogens is 5. The maximum atomic E-state index is 11.5. The molecule has 0 unspecified atom stereocenters. The van der Waals surface area contributed by atoms with Crippen LogP contribution < -0.4 is 0 Å². The zero-order valence-electron chi connectivity index (χ0n) is 13.4. The third kappa shape index (κ3) is 3.03. The van der Waals surface area contributed by atoms with Crippen molar-refractivity contribution < 1.29 is 8.42 Å². The Balaban J connectivity index is 1.59. The van der Waals surface area contributed by atoms with Crippen molar-refractivity contribution in [2.45, 2.75) is 11.7 Å². The van der Waals surface area contributed by atoms with Crippen molar-refractivity contribution in [1.82, 2.24) is 24.7 Å². The van der Waals surface area contributed by atoms with Gasteiger partial charge in [-0.3, -0.25) is 0 Å². The molecular weight excluding hydrogens is 338 g/mol. The van der Waals surface area contributed by atoms with Gasteiger partial charge in [0.15, 0.2) is 5.82 Å². The van der Waals surface area contributed by atoms with Crippen molar-refractivity contribution >= 4 is 20.9 Å². The molecule has 0 amide bonds. The number of aromatic amines is 1. The fourth-order valence-electron chi connectivity index (χ4n) is 2.63. The minimum absolute atomic E-state index is 0.128. The summed E-state index contributed by atoms with van der Waals surface area (Å²) >= 11 is 0. The Morgan fingerprint density at radius 1 is 1.08 bits per heavy atom. The van der Waals surface area contributed by atoms with Crippen LogP contribution in [0.1, 0.15) is 5.56 Å². The van der Waals surface area contributed by atoms with Gasteiger partial charge in [-0.25, -0.2) is 18.5 Å². The number of nitrogens with zero attached hydrogens (tertiary/aromatic N) is 4. The molecule has 7 nitrogen and oxygen atoms in total. The summed E-state index contributed by atoms with van der Waals surface area (Å²) in [6.45, 7) is 0.698. The van der Waals surface area contributed by atoms with Gasteiger partial charge in [0.25, 0.3) is 0 Å². The molecule has 0 radical (unpaired) electrons. The number of nitrogens with one attached hydrogen (secondary N) is 1. The van der Waals surface area contributed by atoms with Gasteiger partial charge in [0.1, 0.15) is 0 Å². The number of hydrogen-bond donors (Lipinski definition) is 1. The molecular formula is C17H15N5O2S. The first-order valence-corrected chi connectivity index (χ1v) is 9.51. The fraction of sp³-hybridized carbons (Fsp3) is 0.118. The molecule has 2 aromatic heterocycles. The molecule has 126 valence electrons. The topological polar surface area (TPSA) is 93.5 Å². The van der Waals surface area contributed by atoms with E-state index in [4.69, 9.17) is 0 Å². The number of sulfone groups is 1. The molecule has 2 aromatic carbocycles. The molecule has 0 aliphatic carbocycles. The highest BCUT2D eigenvalue weighted by Gasteiger charge is 2.14. The van der Waals surface area contributed by atoms with Crippen LogP contribution in [0, 0.1) is 0 Å². The molecule has 4 rings (SSSR count). The van der Waals surface area contributed by atoms with Crippen LogP contribution in [-0.4, -0.2) is 39.4 Å². The molecule has 0 bridgehead atoms. The second kappa shape index (κ2) is 5.82. The lowest BCUT2D eigenvalue weighted by atomic mass is 10.1. The van der Waals surface area contributed by atoms with E-state index in [2.05, 4.69) is 24.7 Å². The van der Waals surface area contributed by atoms with Crippen molar-refractivity contribution in [1.29, 1.82) is 0 Å². The Labute approximate surface area is 144 Å². The predicted molar refractivity (Wildman–Crippen MR) is 93.8 cm³/mol. The van der Waals surface area contributed by atoms with E-state index in [1.807, 2.05) is 54.9 Å².